The van der Waals surface area contributed by atoms with Crippen LogP contribution in [0, 0.1) is 0 Å². The lowest BCUT2D eigenvalue weighted by Crippen LogP contribution is -2.30. The molecule has 0 saturated heterocycles. The molecule has 0 heterocycles. The molecular formula is C52H86O6. The molecule has 0 aromatic heterocycles. The van der Waals surface area contributed by atoms with Gasteiger partial charge in [0.15, 0.2) is 6.10 Å². The predicted molar refractivity (Wildman–Crippen MR) is 247 cm³/mol. The van der Waals surface area contributed by atoms with Crippen molar-refractivity contribution in [3.8, 4) is 0 Å². The molecule has 330 valence electrons. The summed E-state index contributed by atoms with van der Waals surface area (Å²) >= 11 is 0. The van der Waals surface area contributed by atoms with Gasteiger partial charge in [-0.15, -0.1) is 0 Å². The molecule has 0 aliphatic heterocycles. The number of hydrogen-bond donors (Lipinski definition) is 0. The second-order valence-corrected chi connectivity index (χ2v) is 15.3. The van der Waals surface area contributed by atoms with E-state index in [1.807, 2.05) is 0 Å². The van der Waals surface area contributed by atoms with E-state index in [-0.39, 0.29) is 37.5 Å². The monoisotopic (exact) mass is 807 g/mol. The van der Waals surface area contributed by atoms with Gasteiger partial charge >= 0.3 is 17.9 Å². The van der Waals surface area contributed by atoms with Crippen LogP contribution in [0.1, 0.15) is 207 Å². The molecule has 0 spiro atoms. The summed E-state index contributed by atoms with van der Waals surface area (Å²) in [6.07, 6.45) is 58.8. The Morgan fingerprint density at radius 3 is 1.05 bits per heavy atom. The Morgan fingerprint density at radius 2 is 0.672 bits per heavy atom. The van der Waals surface area contributed by atoms with Crippen molar-refractivity contribution in [2.24, 2.45) is 0 Å². The molecule has 58 heavy (non-hydrogen) atoms. The Hall–Kier alpha value is -3.41. The van der Waals surface area contributed by atoms with Gasteiger partial charge in [0.25, 0.3) is 0 Å². The van der Waals surface area contributed by atoms with Gasteiger partial charge in [0.1, 0.15) is 13.2 Å². The standard InChI is InChI=1S/C52H86O6/c1-4-7-10-13-16-18-20-21-22-23-24-25-26-27-28-29-30-31-33-34-36-39-42-45-51(54)57-48-49(47-56-50(53)44-41-38-15-12-9-6-3)58-52(55)46-43-40-37-35-32-19-17-14-11-8-5-2/h7,10,16,18,21-22,24-25,27-28,30-31,34,36,49H,4-6,8-9,11-15,17,19-20,23,26,29,32-33,35,37-48H2,1-3H3/b10-7-,18-16-,22-21-,25-24-,28-27-,31-30-,36-34-. The number of ether oxygens (including phenoxy) is 3. The van der Waals surface area contributed by atoms with E-state index in [0.717, 1.165) is 89.9 Å². The molecule has 0 fully saturated rings. The summed E-state index contributed by atoms with van der Waals surface area (Å²) in [5, 5.41) is 0. The van der Waals surface area contributed by atoms with Crippen molar-refractivity contribution in [1.29, 1.82) is 0 Å². The normalized spacial score (nSPS) is 12.8. The van der Waals surface area contributed by atoms with Gasteiger partial charge in [0.05, 0.1) is 0 Å². The molecule has 0 bridgehead atoms. The fraction of sp³-hybridized carbons (Fsp3) is 0.673. The third-order valence-corrected chi connectivity index (χ3v) is 9.66. The van der Waals surface area contributed by atoms with Gasteiger partial charge in [0, 0.05) is 19.3 Å². The first-order valence-corrected chi connectivity index (χ1v) is 23.6. The average Bonchev–Trinajstić information content (AvgIpc) is 3.22. The third kappa shape index (κ3) is 43.7. The topological polar surface area (TPSA) is 78.9 Å². The van der Waals surface area contributed by atoms with Crippen molar-refractivity contribution in [2.75, 3.05) is 13.2 Å². The number of unbranched alkanes of at least 4 members (excludes halogenated alkanes) is 16. The summed E-state index contributed by atoms with van der Waals surface area (Å²) < 4.78 is 16.6. The Bertz CT molecular complexity index is 1160. The molecule has 1 unspecified atom stereocenters. The summed E-state index contributed by atoms with van der Waals surface area (Å²) in [5.41, 5.74) is 0. The molecule has 0 aliphatic carbocycles. The van der Waals surface area contributed by atoms with Crippen LogP contribution < -0.4 is 0 Å². The molecule has 0 saturated carbocycles. The first-order chi connectivity index (χ1) is 28.5. The Kier molecular flexibility index (Phi) is 43.6. The number of allylic oxidation sites excluding steroid dienone is 14. The van der Waals surface area contributed by atoms with E-state index < -0.39 is 6.10 Å². The van der Waals surface area contributed by atoms with E-state index in [1.54, 1.807) is 0 Å². The zero-order valence-corrected chi connectivity index (χ0v) is 37.5. The zero-order valence-electron chi connectivity index (χ0n) is 37.5. The molecule has 0 rings (SSSR count). The maximum atomic E-state index is 12.7. The summed E-state index contributed by atoms with van der Waals surface area (Å²) in [7, 11) is 0. The molecule has 6 nitrogen and oxygen atoms in total. The van der Waals surface area contributed by atoms with Crippen LogP contribution in [0.4, 0.5) is 0 Å². The summed E-state index contributed by atoms with van der Waals surface area (Å²) in [6.45, 7) is 6.38. The van der Waals surface area contributed by atoms with Gasteiger partial charge in [-0.2, -0.15) is 0 Å². The molecule has 0 radical (unpaired) electrons. The van der Waals surface area contributed by atoms with E-state index in [2.05, 4.69) is 106 Å². The van der Waals surface area contributed by atoms with Gasteiger partial charge in [-0.25, -0.2) is 0 Å². The van der Waals surface area contributed by atoms with Crippen LogP contribution in [0.5, 0.6) is 0 Å². The molecule has 1 atom stereocenters. The second-order valence-electron chi connectivity index (χ2n) is 15.3. The smallest absolute Gasteiger partial charge is 0.306 e. The van der Waals surface area contributed by atoms with Crippen LogP contribution in [0.3, 0.4) is 0 Å². The van der Waals surface area contributed by atoms with Crippen LogP contribution in [0.2, 0.25) is 0 Å². The van der Waals surface area contributed by atoms with Crippen LogP contribution in [-0.2, 0) is 28.6 Å². The van der Waals surface area contributed by atoms with E-state index in [9.17, 15) is 14.4 Å². The zero-order chi connectivity index (χ0) is 42.3. The molecule has 0 amide bonds. The summed E-state index contributed by atoms with van der Waals surface area (Å²) in [5.74, 6) is -0.972. The molecule has 0 aromatic carbocycles. The lowest BCUT2D eigenvalue weighted by Gasteiger charge is -2.18. The number of hydrogen-bond acceptors (Lipinski definition) is 6. The number of carbonyl (C=O) groups is 3. The van der Waals surface area contributed by atoms with Crippen LogP contribution in [0.15, 0.2) is 85.1 Å². The first-order valence-electron chi connectivity index (χ1n) is 23.6. The fourth-order valence-electron chi connectivity index (χ4n) is 6.14. The number of rotatable bonds is 41. The molecular weight excluding hydrogens is 721 g/mol. The van der Waals surface area contributed by atoms with E-state index >= 15 is 0 Å². The van der Waals surface area contributed by atoms with Gasteiger partial charge in [-0.3, -0.25) is 14.4 Å². The molecule has 0 aromatic rings. The minimum atomic E-state index is -0.793. The summed E-state index contributed by atoms with van der Waals surface area (Å²) in [4.78, 5) is 37.5. The van der Waals surface area contributed by atoms with Crippen LogP contribution >= 0.6 is 0 Å². The van der Waals surface area contributed by atoms with Crippen molar-refractivity contribution in [3.05, 3.63) is 85.1 Å². The van der Waals surface area contributed by atoms with Gasteiger partial charge in [-0.05, 0) is 70.6 Å². The minimum absolute atomic E-state index is 0.0940. The quantitative estimate of drug-likeness (QED) is 0.0265. The SMILES string of the molecule is CC/C=C\C/C=C\C/C=C\C/C=C\C/C=C\C/C=C\C/C=C\CCCC(=O)OCC(COC(=O)CCCCCCCC)OC(=O)CCCCCCCCCCCCC. The largest absolute Gasteiger partial charge is 0.462 e. The van der Waals surface area contributed by atoms with Crippen LogP contribution in [0.25, 0.3) is 0 Å². The Balaban J connectivity index is 4.32. The van der Waals surface area contributed by atoms with Crippen molar-refractivity contribution in [1.82, 2.24) is 0 Å². The highest BCUT2D eigenvalue weighted by molar-refractivity contribution is 5.71. The van der Waals surface area contributed by atoms with Gasteiger partial charge < -0.3 is 14.2 Å². The Morgan fingerprint density at radius 1 is 0.362 bits per heavy atom. The highest BCUT2D eigenvalue weighted by Crippen LogP contribution is 2.13. The molecule has 0 aliphatic rings. The van der Waals surface area contributed by atoms with Crippen molar-refractivity contribution in [2.45, 2.75) is 213 Å². The fourth-order valence-corrected chi connectivity index (χ4v) is 6.14. The van der Waals surface area contributed by atoms with E-state index in [1.165, 1.54) is 70.6 Å². The molecule has 0 N–H and O–H groups in total. The maximum Gasteiger partial charge on any atom is 0.306 e. The van der Waals surface area contributed by atoms with Crippen LogP contribution in [-0.4, -0.2) is 37.2 Å². The van der Waals surface area contributed by atoms with E-state index in [4.69, 9.17) is 14.2 Å². The van der Waals surface area contributed by atoms with E-state index in [0.29, 0.717) is 19.3 Å². The predicted octanol–water partition coefficient (Wildman–Crippen LogP) is 15.3. The highest BCUT2D eigenvalue weighted by atomic mass is 16.6. The van der Waals surface area contributed by atoms with Gasteiger partial charge in [-0.1, -0.05) is 202 Å². The number of carbonyl (C=O) groups excluding carboxylic acids is 3. The second kappa shape index (κ2) is 46.3. The highest BCUT2D eigenvalue weighted by Gasteiger charge is 2.19. The third-order valence-electron chi connectivity index (χ3n) is 9.66. The maximum absolute atomic E-state index is 12.7. The Labute approximate surface area is 356 Å². The van der Waals surface area contributed by atoms with Crippen molar-refractivity contribution < 1.29 is 28.6 Å². The lowest BCUT2D eigenvalue weighted by molar-refractivity contribution is -0.167. The average molecular weight is 807 g/mol. The van der Waals surface area contributed by atoms with Gasteiger partial charge in [0.2, 0.25) is 0 Å². The lowest BCUT2D eigenvalue weighted by atomic mass is 10.1. The van der Waals surface area contributed by atoms with Crippen molar-refractivity contribution >= 4 is 17.9 Å². The first kappa shape index (κ1) is 54.6. The van der Waals surface area contributed by atoms with Crippen molar-refractivity contribution in [3.63, 3.8) is 0 Å². The number of esters is 3. The summed E-state index contributed by atoms with van der Waals surface area (Å²) in [6, 6.07) is 0. The molecule has 6 heteroatoms. The minimum Gasteiger partial charge on any atom is -0.462 e.